The van der Waals surface area contributed by atoms with E-state index in [-0.39, 0.29) is 0 Å². The van der Waals surface area contributed by atoms with Gasteiger partial charge in [0.15, 0.2) is 0 Å². The van der Waals surface area contributed by atoms with Crippen molar-refractivity contribution in [1.29, 1.82) is 0 Å². The first-order valence-electron chi connectivity index (χ1n) is 4.40. The van der Waals surface area contributed by atoms with Gasteiger partial charge in [0, 0.05) is 12.4 Å². The quantitative estimate of drug-likeness (QED) is 0.648. The fraction of sp³-hybridized carbons (Fsp3) is 0.500. The average molecular weight is 181 g/mol. The third kappa shape index (κ3) is 3.77. The number of hydrogen-bond donors (Lipinski definition) is 0. The summed E-state index contributed by atoms with van der Waals surface area (Å²) in [5.74, 6) is 2.52. The molecule has 0 atom stereocenters. The largest absolute Gasteiger partial charge is 0.265 e. The lowest BCUT2D eigenvalue weighted by atomic mass is 10.2. The van der Waals surface area contributed by atoms with Crippen LogP contribution in [0.3, 0.4) is 0 Å². The number of rotatable bonds is 5. The number of pyridine rings is 1. The first-order valence-corrected chi connectivity index (χ1v) is 5.55. The van der Waals surface area contributed by atoms with Crippen LogP contribution in [0.2, 0.25) is 0 Å². The van der Waals surface area contributed by atoms with Crippen LogP contribution < -0.4 is 0 Å². The number of thioether (sulfide) groups is 1. The van der Waals surface area contributed by atoms with Gasteiger partial charge >= 0.3 is 0 Å². The monoisotopic (exact) mass is 181 g/mol. The minimum Gasteiger partial charge on any atom is -0.265 e. The Morgan fingerprint density at radius 1 is 1.25 bits per heavy atom. The zero-order chi connectivity index (χ0) is 8.65. The molecule has 12 heavy (non-hydrogen) atoms. The van der Waals surface area contributed by atoms with E-state index in [1.165, 1.54) is 29.9 Å². The highest BCUT2D eigenvalue weighted by Crippen LogP contribution is 2.06. The van der Waals surface area contributed by atoms with Gasteiger partial charge in [-0.2, -0.15) is 11.8 Å². The van der Waals surface area contributed by atoms with Crippen LogP contribution in [0.1, 0.15) is 18.9 Å². The molecule has 0 fully saturated rings. The summed E-state index contributed by atoms with van der Waals surface area (Å²) in [7, 11) is 0. The molecule has 0 N–H and O–H groups in total. The van der Waals surface area contributed by atoms with Gasteiger partial charge < -0.3 is 0 Å². The third-order valence-corrected chi connectivity index (χ3v) is 2.82. The molecule has 2 heteroatoms. The van der Waals surface area contributed by atoms with Crippen LogP contribution >= 0.6 is 11.8 Å². The van der Waals surface area contributed by atoms with Gasteiger partial charge in [0.25, 0.3) is 0 Å². The number of aromatic nitrogens is 1. The Bertz CT molecular complexity index is 198. The molecule has 1 nitrogen and oxygen atoms in total. The molecule has 0 aliphatic heterocycles. The van der Waals surface area contributed by atoms with E-state index in [9.17, 15) is 0 Å². The Morgan fingerprint density at radius 3 is 2.67 bits per heavy atom. The van der Waals surface area contributed by atoms with Crippen molar-refractivity contribution in [3.8, 4) is 0 Å². The summed E-state index contributed by atoms with van der Waals surface area (Å²) in [6.07, 6.45) is 6.17. The Labute approximate surface area is 78.6 Å². The summed E-state index contributed by atoms with van der Waals surface area (Å²) in [6.45, 7) is 2.22. The van der Waals surface area contributed by atoms with Crippen LogP contribution in [-0.4, -0.2) is 16.5 Å². The molecular weight excluding hydrogens is 166 g/mol. The summed E-state index contributed by atoms with van der Waals surface area (Å²) in [4.78, 5) is 3.98. The molecule has 1 rings (SSSR count). The van der Waals surface area contributed by atoms with E-state index in [1.807, 2.05) is 24.2 Å². The Morgan fingerprint density at radius 2 is 2.00 bits per heavy atom. The molecule has 0 saturated carbocycles. The fourth-order valence-electron chi connectivity index (χ4n) is 0.986. The van der Waals surface area contributed by atoms with Gasteiger partial charge in [0.05, 0.1) is 0 Å². The van der Waals surface area contributed by atoms with Gasteiger partial charge in [-0.1, -0.05) is 6.92 Å². The third-order valence-electron chi connectivity index (χ3n) is 1.63. The molecule has 0 aliphatic carbocycles. The molecule has 0 amide bonds. The van der Waals surface area contributed by atoms with Crippen LogP contribution in [0, 0.1) is 0 Å². The molecular formula is C10H15NS. The molecule has 0 aromatic carbocycles. The first-order chi connectivity index (χ1) is 5.93. The molecule has 1 aromatic rings. The lowest BCUT2D eigenvalue weighted by Gasteiger charge is -1.99. The molecule has 0 spiro atoms. The molecule has 0 saturated heterocycles. The van der Waals surface area contributed by atoms with Gasteiger partial charge in [0.1, 0.15) is 0 Å². The van der Waals surface area contributed by atoms with Gasteiger partial charge in [-0.05, 0) is 42.0 Å². The van der Waals surface area contributed by atoms with Crippen molar-refractivity contribution >= 4 is 11.8 Å². The summed E-state index contributed by atoms with van der Waals surface area (Å²) >= 11 is 2.03. The summed E-state index contributed by atoms with van der Waals surface area (Å²) in [5.41, 5.74) is 1.40. The van der Waals surface area contributed by atoms with Crippen LogP contribution in [0.15, 0.2) is 24.5 Å². The zero-order valence-electron chi connectivity index (χ0n) is 7.49. The molecule has 0 radical (unpaired) electrons. The van der Waals surface area contributed by atoms with E-state index in [0.29, 0.717) is 0 Å². The van der Waals surface area contributed by atoms with E-state index in [4.69, 9.17) is 0 Å². The van der Waals surface area contributed by atoms with Crippen LogP contribution in [-0.2, 0) is 6.42 Å². The van der Waals surface area contributed by atoms with Crippen LogP contribution in [0.4, 0.5) is 0 Å². The molecule has 1 aromatic heterocycles. The molecule has 0 aliphatic rings. The van der Waals surface area contributed by atoms with Gasteiger partial charge in [-0.25, -0.2) is 0 Å². The number of aryl methyl sites for hydroxylation is 1. The second-order valence-electron chi connectivity index (χ2n) is 2.72. The minimum atomic E-state index is 1.17. The molecule has 1 heterocycles. The second kappa shape index (κ2) is 6.06. The van der Waals surface area contributed by atoms with Gasteiger partial charge in [-0.15, -0.1) is 0 Å². The predicted molar refractivity (Wildman–Crippen MR) is 55.6 cm³/mol. The van der Waals surface area contributed by atoms with Crippen molar-refractivity contribution in [2.24, 2.45) is 0 Å². The smallest absolute Gasteiger partial charge is 0.0270 e. The second-order valence-corrected chi connectivity index (χ2v) is 3.94. The molecule has 0 unspecified atom stereocenters. The molecule has 0 bridgehead atoms. The Balaban J connectivity index is 2.16. The maximum absolute atomic E-state index is 3.98. The van der Waals surface area contributed by atoms with Crippen molar-refractivity contribution < 1.29 is 0 Å². The minimum absolute atomic E-state index is 1.17. The van der Waals surface area contributed by atoms with Gasteiger partial charge in [-0.3, -0.25) is 4.98 Å². The topological polar surface area (TPSA) is 12.9 Å². The standard InChI is InChI=1S/C10H15NS/c1-2-8-12-9-5-10-3-6-11-7-4-10/h3-4,6-7H,2,5,8-9H2,1H3. The number of hydrogen-bond acceptors (Lipinski definition) is 2. The van der Waals surface area contributed by atoms with E-state index in [1.54, 1.807) is 0 Å². The van der Waals surface area contributed by atoms with Crippen LogP contribution in [0.5, 0.6) is 0 Å². The zero-order valence-corrected chi connectivity index (χ0v) is 8.31. The SMILES string of the molecule is CCCSCCc1ccncc1. The van der Waals surface area contributed by atoms with Crippen molar-refractivity contribution in [3.63, 3.8) is 0 Å². The highest BCUT2D eigenvalue weighted by Gasteiger charge is 1.91. The van der Waals surface area contributed by atoms with Crippen molar-refractivity contribution in [3.05, 3.63) is 30.1 Å². The highest BCUT2D eigenvalue weighted by molar-refractivity contribution is 7.99. The van der Waals surface area contributed by atoms with Crippen molar-refractivity contribution in [2.75, 3.05) is 11.5 Å². The maximum Gasteiger partial charge on any atom is 0.0270 e. The Hall–Kier alpha value is -0.500. The van der Waals surface area contributed by atoms with Crippen LogP contribution in [0.25, 0.3) is 0 Å². The predicted octanol–water partition coefficient (Wildman–Crippen LogP) is 2.77. The summed E-state index contributed by atoms with van der Waals surface area (Å²) < 4.78 is 0. The lowest BCUT2D eigenvalue weighted by Crippen LogP contribution is -1.89. The highest BCUT2D eigenvalue weighted by atomic mass is 32.2. The van der Waals surface area contributed by atoms with Gasteiger partial charge in [0.2, 0.25) is 0 Å². The summed E-state index contributed by atoms with van der Waals surface area (Å²) in [5, 5.41) is 0. The fourth-order valence-corrected chi connectivity index (χ4v) is 1.86. The maximum atomic E-state index is 3.98. The van der Waals surface area contributed by atoms with E-state index in [0.717, 1.165) is 0 Å². The summed E-state index contributed by atoms with van der Waals surface area (Å²) in [6, 6.07) is 4.18. The lowest BCUT2D eigenvalue weighted by molar-refractivity contribution is 1.09. The number of nitrogens with zero attached hydrogens (tertiary/aromatic N) is 1. The first kappa shape index (κ1) is 9.59. The average Bonchev–Trinajstić information content (AvgIpc) is 2.14. The normalized spacial score (nSPS) is 10.1. The molecule has 66 valence electrons. The van der Waals surface area contributed by atoms with Crippen molar-refractivity contribution in [2.45, 2.75) is 19.8 Å². The van der Waals surface area contributed by atoms with E-state index in [2.05, 4.69) is 24.0 Å². The van der Waals surface area contributed by atoms with Crippen molar-refractivity contribution in [1.82, 2.24) is 4.98 Å². The van der Waals surface area contributed by atoms with E-state index >= 15 is 0 Å². The van der Waals surface area contributed by atoms with E-state index < -0.39 is 0 Å². The Kier molecular flexibility index (Phi) is 4.85.